The van der Waals surface area contributed by atoms with Gasteiger partial charge in [-0.1, -0.05) is 0 Å². The molecule has 0 saturated heterocycles. The zero-order chi connectivity index (χ0) is 14.5. The van der Waals surface area contributed by atoms with Crippen molar-refractivity contribution >= 4 is 11.9 Å². The second-order valence-corrected chi connectivity index (χ2v) is 3.40. The van der Waals surface area contributed by atoms with Gasteiger partial charge in [-0.3, -0.25) is 26.0 Å². The Labute approximate surface area is 99.7 Å². The van der Waals surface area contributed by atoms with Crippen LogP contribution >= 0.6 is 0 Å². The molecule has 0 aromatic carbocycles. The van der Waals surface area contributed by atoms with E-state index in [9.17, 15) is 25.0 Å². The topological polar surface area (TPSA) is 214 Å². The summed E-state index contributed by atoms with van der Waals surface area (Å²) in [7, 11) is 0. The molecular formula is C6H12N6O6. The third-order valence-electron chi connectivity index (χ3n) is 2.03. The van der Waals surface area contributed by atoms with Gasteiger partial charge in [-0.15, -0.1) is 0 Å². The number of carboxylic acid groups (broad SMARTS) is 1. The Morgan fingerprint density at radius 3 is 2.17 bits per heavy atom. The molecule has 0 radical (unpaired) electrons. The van der Waals surface area contributed by atoms with Crippen molar-refractivity contribution in [1.29, 1.82) is 0 Å². The predicted molar refractivity (Wildman–Crippen MR) is 57.6 cm³/mol. The lowest BCUT2D eigenvalue weighted by Crippen LogP contribution is -2.57. The van der Waals surface area contributed by atoms with Crippen LogP contribution < -0.4 is 17.2 Å². The third kappa shape index (κ3) is 3.82. The van der Waals surface area contributed by atoms with Crippen molar-refractivity contribution in [3.05, 3.63) is 20.2 Å². The molecule has 12 heteroatoms. The molecule has 0 saturated carbocycles. The van der Waals surface area contributed by atoms with Gasteiger partial charge in [0.15, 0.2) is 5.96 Å². The molecule has 0 aliphatic carbocycles. The van der Waals surface area contributed by atoms with E-state index >= 15 is 0 Å². The molecule has 0 heterocycles. The molecule has 0 aliphatic heterocycles. The quantitative estimate of drug-likeness (QED) is 0.123. The van der Waals surface area contributed by atoms with Crippen LogP contribution in [0.15, 0.2) is 4.99 Å². The Hall–Kier alpha value is -2.50. The van der Waals surface area contributed by atoms with Crippen molar-refractivity contribution in [1.82, 2.24) is 0 Å². The molecule has 0 bridgehead atoms. The number of hydrogen-bond donors (Lipinski definition) is 4. The average molecular weight is 264 g/mol. The number of guanidine groups is 1. The molecule has 0 spiro atoms. The fourth-order valence-corrected chi connectivity index (χ4v) is 1.02. The molecular weight excluding hydrogens is 252 g/mol. The van der Waals surface area contributed by atoms with Gasteiger partial charge >= 0.3 is 11.6 Å². The summed E-state index contributed by atoms with van der Waals surface area (Å²) in [4.78, 5) is 32.9. The van der Waals surface area contributed by atoms with E-state index in [0.717, 1.165) is 0 Å². The van der Waals surface area contributed by atoms with Crippen molar-refractivity contribution in [2.24, 2.45) is 22.2 Å². The van der Waals surface area contributed by atoms with E-state index in [1.165, 1.54) is 0 Å². The average Bonchev–Trinajstić information content (AvgIpc) is 2.22. The summed E-state index contributed by atoms with van der Waals surface area (Å²) >= 11 is 0. The number of aliphatic imine (C=N–C) groups is 1. The number of aliphatic carboxylic acids is 1. The second-order valence-electron chi connectivity index (χ2n) is 3.40. The first-order valence-electron chi connectivity index (χ1n) is 4.47. The van der Waals surface area contributed by atoms with Crippen molar-refractivity contribution in [2.45, 2.75) is 18.1 Å². The van der Waals surface area contributed by atoms with Gasteiger partial charge in [0.05, 0.1) is 4.92 Å². The molecule has 0 aliphatic rings. The Morgan fingerprint density at radius 2 is 1.89 bits per heavy atom. The standard InChI is InChI=1S/C6H12N6O6/c7-5(8)10-2-3(11(15)16)1-6(9,4(13)14)12(17)18/h3H,1-2,9H2,(H,13,14)(H4,7,8,10)/t3?,6-/m1/s1. The Bertz CT molecular complexity index is 376. The number of hydrogen-bond acceptors (Lipinski definition) is 7. The van der Waals surface area contributed by atoms with E-state index in [1.54, 1.807) is 0 Å². The number of nitrogens with zero attached hydrogens (tertiary/aromatic N) is 3. The molecule has 0 aromatic rings. The van der Waals surface area contributed by atoms with Crippen LogP contribution in [0.1, 0.15) is 6.42 Å². The molecule has 0 rings (SSSR count). The van der Waals surface area contributed by atoms with Crippen LogP contribution in [0.3, 0.4) is 0 Å². The number of carboxylic acids is 1. The lowest BCUT2D eigenvalue weighted by atomic mass is 10.0. The van der Waals surface area contributed by atoms with E-state index < -0.39 is 46.4 Å². The van der Waals surface area contributed by atoms with Crippen molar-refractivity contribution in [3.8, 4) is 0 Å². The SMILES string of the molecule is NC(N)=NCC(C[C@](N)(C(=O)O)[N+](=O)[O-])[N+](=O)[O-]. The summed E-state index contributed by atoms with van der Waals surface area (Å²) in [5.41, 5.74) is 11.9. The van der Waals surface area contributed by atoms with Crippen molar-refractivity contribution in [2.75, 3.05) is 6.54 Å². The van der Waals surface area contributed by atoms with Crippen molar-refractivity contribution in [3.63, 3.8) is 0 Å². The zero-order valence-corrected chi connectivity index (χ0v) is 9.05. The van der Waals surface area contributed by atoms with Gasteiger partial charge in [-0.2, -0.15) is 0 Å². The molecule has 12 nitrogen and oxygen atoms in total. The summed E-state index contributed by atoms with van der Waals surface area (Å²) in [6.45, 7) is -0.602. The normalized spacial score (nSPS) is 15.2. The summed E-state index contributed by atoms with van der Waals surface area (Å²) in [5, 5.41) is 29.8. The number of nitrogens with two attached hydrogens (primary N) is 3. The molecule has 18 heavy (non-hydrogen) atoms. The smallest absolute Gasteiger partial charge is 0.399 e. The number of rotatable bonds is 7. The fourth-order valence-electron chi connectivity index (χ4n) is 1.02. The second kappa shape index (κ2) is 5.72. The lowest BCUT2D eigenvalue weighted by molar-refractivity contribution is -0.580. The first-order chi connectivity index (χ1) is 8.11. The number of carbonyl (C=O) groups is 1. The largest absolute Gasteiger partial charge is 0.475 e. The van der Waals surface area contributed by atoms with Crippen LogP contribution in [0.2, 0.25) is 0 Å². The Kier molecular flexibility index (Phi) is 4.92. The van der Waals surface area contributed by atoms with Crippen LogP contribution in [-0.2, 0) is 4.79 Å². The van der Waals surface area contributed by atoms with Gasteiger partial charge in [-0.25, -0.2) is 9.79 Å². The van der Waals surface area contributed by atoms with Crippen LogP contribution in [0.4, 0.5) is 0 Å². The van der Waals surface area contributed by atoms with Crippen LogP contribution in [0.25, 0.3) is 0 Å². The van der Waals surface area contributed by atoms with E-state index in [0.29, 0.717) is 0 Å². The fraction of sp³-hybridized carbons (Fsp3) is 0.667. The first-order valence-corrected chi connectivity index (χ1v) is 4.47. The van der Waals surface area contributed by atoms with Crippen LogP contribution in [0.5, 0.6) is 0 Å². The summed E-state index contributed by atoms with van der Waals surface area (Å²) in [5.74, 6) is -2.44. The zero-order valence-electron chi connectivity index (χ0n) is 9.05. The molecule has 0 aromatic heterocycles. The molecule has 2 atom stereocenters. The van der Waals surface area contributed by atoms with Crippen molar-refractivity contribution < 1.29 is 19.7 Å². The van der Waals surface area contributed by atoms with E-state index in [2.05, 4.69) is 4.99 Å². The summed E-state index contributed by atoms with van der Waals surface area (Å²) in [6.07, 6.45) is -1.04. The highest BCUT2D eigenvalue weighted by Crippen LogP contribution is 2.14. The number of nitro groups is 2. The van der Waals surface area contributed by atoms with E-state index in [4.69, 9.17) is 22.3 Å². The molecule has 0 fully saturated rings. The van der Waals surface area contributed by atoms with Gasteiger partial charge in [0.25, 0.3) is 0 Å². The van der Waals surface area contributed by atoms with E-state index in [1.807, 2.05) is 0 Å². The van der Waals surface area contributed by atoms with Gasteiger partial charge in [0.2, 0.25) is 6.04 Å². The van der Waals surface area contributed by atoms with Crippen LogP contribution in [0, 0.1) is 20.2 Å². The monoisotopic (exact) mass is 264 g/mol. The van der Waals surface area contributed by atoms with Gasteiger partial charge < -0.3 is 16.6 Å². The van der Waals surface area contributed by atoms with Gasteiger partial charge in [-0.05, 0) is 0 Å². The highest BCUT2D eigenvalue weighted by molar-refractivity contribution is 5.76. The molecule has 102 valence electrons. The van der Waals surface area contributed by atoms with Gasteiger partial charge in [0.1, 0.15) is 13.0 Å². The predicted octanol–water partition coefficient (Wildman–Crippen LogP) is -2.69. The first kappa shape index (κ1) is 15.5. The maximum absolute atomic E-state index is 10.7. The highest BCUT2D eigenvalue weighted by Gasteiger charge is 2.52. The molecule has 1 unspecified atom stereocenters. The van der Waals surface area contributed by atoms with Gasteiger partial charge in [0, 0.05) is 4.92 Å². The van der Waals surface area contributed by atoms with E-state index in [-0.39, 0.29) is 0 Å². The summed E-state index contributed by atoms with van der Waals surface area (Å²) in [6, 6.07) is -1.68. The molecule has 7 N–H and O–H groups in total. The molecule has 0 amide bonds. The van der Waals surface area contributed by atoms with Crippen LogP contribution in [-0.4, -0.2) is 45.1 Å². The summed E-state index contributed by atoms with van der Waals surface area (Å²) < 4.78 is 0. The lowest BCUT2D eigenvalue weighted by Gasteiger charge is -2.17. The Balaban J connectivity index is 5.07. The highest BCUT2D eigenvalue weighted by atomic mass is 16.6. The Morgan fingerprint density at radius 1 is 1.39 bits per heavy atom. The maximum atomic E-state index is 10.7. The minimum Gasteiger partial charge on any atom is -0.475 e. The minimum atomic E-state index is -2.96. The minimum absolute atomic E-state index is 0.458. The maximum Gasteiger partial charge on any atom is 0.399 e. The third-order valence-corrected chi connectivity index (χ3v) is 2.03.